The first kappa shape index (κ1) is 24.8. The van der Waals surface area contributed by atoms with Crippen LogP contribution >= 0.6 is 11.6 Å². The van der Waals surface area contributed by atoms with Gasteiger partial charge in [0.1, 0.15) is 22.5 Å². The zero-order chi connectivity index (χ0) is 24.7. The van der Waals surface area contributed by atoms with Crippen molar-refractivity contribution in [1.29, 1.82) is 0 Å². The third kappa shape index (κ3) is 5.01. The van der Waals surface area contributed by atoms with Crippen molar-refractivity contribution in [3.63, 3.8) is 0 Å². The molecule has 0 aromatic heterocycles. The summed E-state index contributed by atoms with van der Waals surface area (Å²) < 4.78 is 53.1. The van der Waals surface area contributed by atoms with Gasteiger partial charge in [-0.3, -0.25) is 4.90 Å². The Labute approximate surface area is 202 Å². The second-order valence-electron chi connectivity index (χ2n) is 8.77. The normalized spacial score (nSPS) is 17.7. The summed E-state index contributed by atoms with van der Waals surface area (Å²) in [5.74, 6) is -1.82. The molecule has 1 aliphatic heterocycles. The molecule has 3 aromatic carbocycles. The minimum absolute atomic E-state index is 0.0437. The van der Waals surface area contributed by atoms with Crippen molar-refractivity contribution >= 4 is 21.4 Å². The summed E-state index contributed by atoms with van der Waals surface area (Å²) in [6.45, 7) is -0.189. The molecule has 1 saturated heterocycles. The summed E-state index contributed by atoms with van der Waals surface area (Å²) in [6.07, 6.45) is 0.950. The van der Waals surface area contributed by atoms with Crippen molar-refractivity contribution in [2.75, 3.05) is 19.3 Å². The highest BCUT2D eigenvalue weighted by Gasteiger charge is 2.54. The molecule has 0 aliphatic carbocycles. The Morgan fingerprint density at radius 1 is 0.941 bits per heavy atom. The smallest absolute Gasteiger partial charge is 0.157 e. The van der Waals surface area contributed by atoms with Crippen molar-refractivity contribution in [3.8, 4) is 0 Å². The first-order chi connectivity index (χ1) is 16.0. The number of rotatable bonds is 7. The van der Waals surface area contributed by atoms with Crippen molar-refractivity contribution in [2.24, 2.45) is 0 Å². The van der Waals surface area contributed by atoms with Crippen LogP contribution in [0.5, 0.6) is 0 Å². The quantitative estimate of drug-likeness (QED) is 0.505. The molecule has 5 nitrogen and oxygen atoms in total. The average molecular weight is 508 g/mol. The van der Waals surface area contributed by atoms with Crippen LogP contribution in [0.25, 0.3) is 0 Å². The second kappa shape index (κ2) is 9.36. The molecule has 3 aromatic rings. The minimum Gasteiger partial charge on any atom is -0.392 e. The molecule has 9 heteroatoms. The lowest BCUT2D eigenvalue weighted by molar-refractivity contribution is -0.112. The fraction of sp³-hybridized carbons (Fsp3) is 0.280. The van der Waals surface area contributed by atoms with E-state index in [4.69, 9.17) is 11.6 Å². The van der Waals surface area contributed by atoms with E-state index in [0.29, 0.717) is 11.1 Å². The molecule has 2 atom stereocenters. The monoisotopic (exact) mass is 507 g/mol. The second-order valence-corrected chi connectivity index (χ2v) is 11.3. The van der Waals surface area contributed by atoms with Gasteiger partial charge in [-0.05, 0) is 46.5 Å². The van der Waals surface area contributed by atoms with E-state index >= 15 is 0 Å². The highest BCUT2D eigenvalue weighted by Crippen LogP contribution is 2.44. The van der Waals surface area contributed by atoms with E-state index in [2.05, 4.69) is 0 Å². The molecular formula is C25H24ClF2NO4S. The lowest BCUT2D eigenvalue weighted by Gasteiger charge is -2.53. The summed E-state index contributed by atoms with van der Waals surface area (Å²) in [5.41, 5.74) is 0.607. The Balaban J connectivity index is 1.70. The third-order valence-corrected chi connectivity index (χ3v) is 7.91. The lowest BCUT2D eigenvalue weighted by atomic mass is 9.82. The fourth-order valence-corrected chi connectivity index (χ4v) is 6.45. The summed E-state index contributed by atoms with van der Waals surface area (Å²) in [6, 6.07) is 16.7. The maximum Gasteiger partial charge on any atom is 0.157 e. The zero-order valence-electron chi connectivity index (χ0n) is 18.3. The van der Waals surface area contributed by atoms with E-state index in [-0.39, 0.29) is 31.3 Å². The third-order valence-electron chi connectivity index (χ3n) is 6.09. The molecule has 34 heavy (non-hydrogen) atoms. The van der Waals surface area contributed by atoms with Crippen LogP contribution < -0.4 is 0 Å². The molecule has 0 bridgehead atoms. The van der Waals surface area contributed by atoms with Gasteiger partial charge in [0, 0.05) is 30.4 Å². The first-order valence-electron chi connectivity index (χ1n) is 10.6. The van der Waals surface area contributed by atoms with Crippen LogP contribution in [0.1, 0.15) is 33.5 Å². The Bertz CT molecular complexity index is 1260. The molecular weight excluding hydrogens is 484 g/mol. The first-order valence-corrected chi connectivity index (χ1v) is 12.9. The fourth-order valence-electron chi connectivity index (χ4n) is 4.75. The summed E-state index contributed by atoms with van der Waals surface area (Å²) in [5, 5.41) is 19.8. The summed E-state index contributed by atoms with van der Waals surface area (Å²) in [7, 11) is -3.92. The van der Waals surface area contributed by atoms with Crippen LogP contribution in [0.2, 0.25) is 5.02 Å². The number of aliphatic hydroxyl groups excluding tert-OH is 1. The Hall–Kier alpha value is -2.36. The van der Waals surface area contributed by atoms with Crippen molar-refractivity contribution in [3.05, 3.63) is 106 Å². The van der Waals surface area contributed by atoms with Gasteiger partial charge in [0.2, 0.25) is 0 Å². The van der Waals surface area contributed by atoms with Crippen molar-refractivity contribution < 1.29 is 27.4 Å². The molecule has 1 aliphatic rings. The summed E-state index contributed by atoms with van der Waals surface area (Å²) >= 11 is 6.05. The van der Waals surface area contributed by atoms with Gasteiger partial charge in [0.15, 0.2) is 9.84 Å². The molecule has 0 radical (unpaired) electrons. The molecule has 0 saturated carbocycles. The number of nitrogens with zero attached hydrogens (tertiary/aromatic N) is 1. The average Bonchev–Trinajstić information content (AvgIpc) is 2.73. The van der Waals surface area contributed by atoms with Gasteiger partial charge >= 0.3 is 0 Å². The van der Waals surface area contributed by atoms with Crippen LogP contribution in [0.15, 0.2) is 66.7 Å². The molecule has 1 unspecified atom stereocenters. The molecule has 0 spiro atoms. The standard InChI is InChI=1S/C25H24ClF2NO4S/c1-34(32,33)24(19-10-21(27)12-22(28)11-19)25(31)14-29(15-25)23(18-6-8-20(26)9-7-18)17-4-2-16(13-30)3-5-17/h2-12,23-24,30-31H,13-15H2,1H3/t23?,24-/m1/s1. The number of benzene rings is 3. The highest BCUT2D eigenvalue weighted by molar-refractivity contribution is 7.91. The van der Waals surface area contributed by atoms with Crippen molar-refractivity contribution in [2.45, 2.75) is 23.5 Å². The lowest BCUT2D eigenvalue weighted by Crippen LogP contribution is -2.66. The number of sulfone groups is 1. The Kier molecular flexibility index (Phi) is 6.81. The largest absolute Gasteiger partial charge is 0.392 e. The van der Waals surface area contributed by atoms with E-state index in [9.17, 15) is 27.4 Å². The number of hydrogen-bond acceptors (Lipinski definition) is 5. The van der Waals surface area contributed by atoms with Crippen LogP contribution in [-0.4, -0.2) is 48.5 Å². The van der Waals surface area contributed by atoms with Gasteiger partial charge in [-0.25, -0.2) is 17.2 Å². The topological polar surface area (TPSA) is 77.8 Å². The molecule has 180 valence electrons. The van der Waals surface area contributed by atoms with Crippen LogP contribution in [-0.2, 0) is 16.4 Å². The number of hydrogen-bond donors (Lipinski definition) is 2. The maximum atomic E-state index is 13.9. The predicted molar refractivity (Wildman–Crippen MR) is 126 cm³/mol. The maximum absolute atomic E-state index is 13.9. The predicted octanol–water partition coefficient (Wildman–Crippen LogP) is 4.03. The van der Waals surface area contributed by atoms with E-state index in [1.54, 1.807) is 24.3 Å². The Morgan fingerprint density at radius 3 is 1.91 bits per heavy atom. The van der Waals surface area contributed by atoms with Gasteiger partial charge < -0.3 is 10.2 Å². The van der Waals surface area contributed by atoms with Gasteiger partial charge in [-0.1, -0.05) is 48.0 Å². The van der Waals surface area contributed by atoms with Crippen LogP contribution in [0.4, 0.5) is 8.78 Å². The molecule has 1 heterocycles. The number of halogens is 3. The van der Waals surface area contributed by atoms with E-state index in [0.717, 1.165) is 35.1 Å². The van der Waals surface area contributed by atoms with E-state index in [1.807, 2.05) is 29.2 Å². The van der Waals surface area contributed by atoms with Gasteiger partial charge in [-0.2, -0.15) is 0 Å². The number of β-amino-alcohol motifs (C(OH)–C–C–N with tert-alkyl or cyclic N) is 1. The van der Waals surface area contributed by atoms with Gasteiger partial charge in [0.05, 0.1) is 12.6 Å². The van der Waals surface area contributed by atoms with Gasteiger partial charge in [0.25, 0.3) is 0 Å². The Morgan fingerprint density at radius 2 is 1.44 bits per heavy atom. The van der Waals surface area contributed by atoms with Crippen molar-refractivity contribution in [1.82, 2.24) is 4.90 Å². The SMILES string of the molecule is CS(=O)(=O)[C@H](c1cc(F)cc(F)c1)C1(O)CN(C(c2ccc(Cl)cc2)c2ccc(CO)cc2)C1. The molecule has 1 fully saturated rings. The van der Waals surface area contributed by atoms with Crippen LogP contribution in [0, 0.1) is 11.6 Å². The molecule has 4 rings (SSSR count). The van der Waals surface area contributed by atoms with E-state index < -0.39 is 32.3 Å². The molecule has 0 amide bonds. The summed E-state index contributed by atoms with van der Waals surface area (Å²) in [4.78, 5) is 1.89. The number of likely N-dealkylation sites (tertiary alicyclic amines) is 1. The minimum atomic E-state index is -3.92. The van der Waals surface area contributed by atoms with E-state index in [1.165, 1.54) is 0 Å². The number of aliphatic hydroxyl groups is 2. The van der Waals surface area contributed by atoms with Gasteiger partial charge in [-0.15, -0.1) is 0 Å². The highest BCUT2D eigenvalue weighted by atomic mass is 35.5. The molecule has 2 N–H and O–H groups in total. The zero-order valence-corrected chi connectivity index (χ0v) is 19.9. The van der Waals surface area contributed by atoms with Crippen LogP contribution in [0.3, 0.4) is 0 Å².